The van der Waals surface area contributed by atoms with Gasteiger partial charge in [0, 0.05) is 12.6 Å². The van der Waals surface area contributed by atoms with Gasteiger partial charge in [-0.25, -0.2) is 4.79 Å². The lowest BCUT2D eigenvalue weighted by Gasteiger charge is -2.22. The van der Waals surface area contributed by atoms with E-state index in [0.717, 1.165) is 24.0 Å². The highest BCUT2D eigenvalue weighted by molar-refractivity contribution is 6.33. The Morgan fingerprint density at radius 3 is 2.19 bits per heavy atom. The fraction of sp³-hybridized carbons (Fsp3) is 0.250. The molecule has 0 spiro atoms. The number of amides is 3. The number of benzene rings is 3. The van der Waals surface area contributed by atoms with E-state index in [0.29, 0.717) is 11.3 Å². The number of hydrogen-bond acceptors (Lipinski definition) is 5. The van der Waals surface area contributed by atoms with Gasteiger partial charge < -0.3 is 15.0 Å². The van der Waals surface area contributed by atoms with Crippen LogP contribution in [0.5, 0.6) is 0 Å². The van der Waals surface area contributed by atoms with Crippen LogP contribution in [0.3, 0.4) is 0 Å². The zero-order valence-electron chi connectivity index (χ0n) is 20.7. The number of nitrogens with one attached hydrogen (secondary N) is 3. The molecule has 0 unspecified atom stereocenters. The van der Waals surface area contributed by atoms with Crippen LogP contribution in [0.25, 0.3) is 0 Å². The van der Waals surface area contributed by atoms with Crippen molar-refractivity contribution in [2.45, 2.75) is 25.8 Å². The summed E-state index contributed by atoms with van der Waals surface area (Å²) in [5.74, 6) is -0.866. The largest absolute Gasteiger partial charge is 0.465 e. The van der Waals surface area contributed by atoms with E-state index in [2.05, 4.69) is 28.3 Å². The van der Waals surface area contributed by atoms with E-state index in [1.165, 1.54) is 29.1 Å². The highest BCUT2D eigenvalue weighted by atomic mass is 35.5. The van der Waals surface area contributed by atoms with E-state index in [4.69, 9.17) is 16.3 Å². The van der Waals surface area contributed by atoms with E-state index in [-0.39, 0.29) is 30.1 Å². The Hall–Kier alpha value is -4.04. The van der Waals surface area contributed by atoms with E-state index in [1.807, 2.05) is 36.4 Å². The first-order valence-corrected chi connectivity index (χ1v) is 12.4. The standard InChI is InChI=1S/C28H29ClN4O4/c1-3-37-25(34)17-33(2)27(35)20-14-15-24(23(29)16-20)31-32-28(36)30-26-21-10-6-4-8-18(21)12-13-19-9-5-7-11-22(19)26/h4-11,14-16,26,31H,3,12-13,17H2,1-2H3,(H2,30,32,36). The van der Waals surface area contributed by atoms with Crippen molar-refractivity contribution in [3.63, 3.8) is 0 Å². The molecule has 0 saturated carbocycles. The molecule has 1 aliphatic carbocycles. The van der Waals surface area contributed by atoms with Gasteiger partial charge in [-0.15, -0.1) is 0 Å². The molecule has 0 saturated heterocycles. The van der Waals surface area contributed by atoms with Crippen LogP contribution in [0, 0.1) is 0 Å². The molecule has 192 valence electrons. The molecule has 4 rings (SSSR count). The lowest BCUT2D eigenvalue weighted by atomic mass is 9.95. The SMILES string of the molecule is CCOC(=O)CN(C)C(=O)c1ccc(NNC(=O)NC2c3ccccc3CCc3ccccc32)c(Cl)c1. The summed E-state index contributed by atoms with van der Waals surface area (Å²) >= 11 is 6.37. The van der Waals surface area contributed by atoms with Crippen molar-refractivity contribution in [1.82, 2.24) is 15.6 Å². The highest BCUT2D eigenvalue weighted by Gasteiger charge is 2.25. The van der Waals surface area contributed by atoms with Crippen LogP contribution < -0.4 is 16.2 Å². The molecule has 1 aliphatic rings. The first-order chi connectivity index (χ1) is 17.9. The normalized spacial score (nSPS) is 12.4. The number of likely N-dealkylation sites (N-methyl/N-ethyl adjacent to an activating group) is 1. The van der Waals surface area contributed by atoms with E-state index >= 15 is 0 Å². The summed E-state index contributed by atoms with van der Waals surface area (Å²) in [7, 11) is 1.51. The summed E-state index contributed by atoms with van der Waals surface area (Å²) in [5.41, 5.74) is 10.7. The minimum Gasteiger partial charge on any atom is -0.465 e. The van der Waals surface area contributed by atoms with Crippen LogP contribution in [-0.4, -0.2) is 43.0 Å². The van der Waals surface area contributed by atoms with Gasteiger partial charge in [-0.05, 0) is 60.2 Å². The number of anilines is 1. The molecule has 8 nitrogen and oxygen atoms in total. The molecule has 0 aromatic heterocycles. The first kappa shape index (κ1) is 26.0. The van der Waals surface area contributed by atoms with Crippen molar-refractivity contribution in [2.24, 2.45) is 0 Å². The second-order valence-corrected chi connectivity index (χ2v) is 9.12. The fourth-order valence-electron chi connectivity index (χ4n) is 4.41. The summed E-state index contributed by atoms with van der Waals surface area (Å²) in [4.78, 5) is 38.5. The number of aryl methyl sites for hydroxylation is 2. The van der Waals surface area contributed by atoms with Crippen molar-refractivity contribution in [3.05, 3.63) is 99.6 Å². The number of rotatable bonds is 7. The maximum Gasteiger partial charge on any atom is 0.334 e. The number of ether oxygens (including phenoxy) is 1. The van der Waals surface area contributed by atoms with Crippen LogP contribution in [0.15, 0.2) is 66.7 Å². The molecule has 0 bridgehead atoms. The Kier molecular flexibility index (Phi) is 8.30. The first-order valence-electron chi connectivity index (χ1n) is 12.1. The third-order valence-corrected chi connectivity index (χ3v) is 6.53. The minimum atomic E-state index is -0.489. The molecule has 0 fully saturated rings. The number of esters is 1. The average Bonchev–Trinajstić information content (AvgIpc) is 3.05. The van der Waals surface area contributed by atoms with E-state index < -0.39 is 12.0 Å². The molecule has 3 aromatic carbocycles. The Morgan fingerprint density at radius 1 is 0.973 bits per heavy atom. The minimum absolute atomic E-state index is 0.167. The number of hydrogen-bond donors (Lipinski definition) is 3. The summed E-state index contributed by atoms with van der Waals surface area (Å²) in [6, 6.07) is 20.2. The topological polar surface area (TPSA) is 99.8 Å². The van der Waals surface area contributed by atoms with Gasteiger partial charge in [-0.1, -0.05) is 60.1 Å². The van der Waals surface area contributed by atoms with Gasteiger partial charge in [-0.2, -0.15) is 0 Å². The third kappa shape index (κ3) is 6.21. The molecule has 0 aliphatic heterocycles. The molecule has 0 atom stereocenters. The van der Waals surface area contributed by atoms with Gasteiger partial charge in [0.1, 0.15) is 6.54 Å². The smallest absolute Gasteiger partial charge is 0.334 e. The second-order valence-electron chi connectivity index (χ2n) is 8.71. The van der Waals surface area contributed by atoms with Crippen LogP contribution in [0.1, 0.15) is 45.6 Å². The number of fused-ring (bicyclic) bond motifs is 2. The number of carbonyl (C=O) groups excluding carboxylic acids is 3. The Labute approximate surface area is 220 Å². The van der Waals surface area contributed by atoms with Gasteiger partial charge in [0.15, 0.2) is 0 Å². The summed E-state index contributed by atoms with van der Waals surface area (Å²) < 4.78 is 4.88. The van der Waals surface area contributed by atoms with Crippen molar-refractivity contribution < 1.29 is 19.1 Å². The number of urea groups is 1. The maximum absolute atomic E-state index is 12.9. The molecule has 3 N–H and O–H groups in total. The summed E-state index contributed by atoms with van der Waals surface area (Å²) in [5, 5.41) is 3.31. The Balaban J connectivity index is 1.42. The van der Waals surface area contributed by atoms with E-state index in [9.17, 15) is 14.4 Å². The van der Waals surface area contributed by atoms with Crippen molar-refractivity contribution >= 4 is 35.2 Å². The summed E-state index contributed by atoms with van der Waals surface area (Å²) in [6.45, 7) is 1.78. The molecular formula is C28H29ClN4O4. The van der Waals surface area contributed by atoms with Crippen LogP contribution >= 0.6 is 11.6 Å². The third-order valence-electron chi connectivity index (χ3n) is 6.22. The van der Waals surface area contributed by atoms with Gasteiger partial charge in [0.2, 0.25) is 0 Å². The Bertz CT molecular complexity index is 1270. The molecule has 3 amide bonds. The maximum atomic E-state index is 12.9. The summed E-state index contributed by atoms with van der Waals surface area (Å²) in [6.07, 6.45) is 1.81. The predicted molar refractivity (Wildman–Crippen MR) is 142 cm³/mol. The molecular weight excluding hydrogens is 492 g/mol. The monoisotopic (exact) mass is 520 g/mol. The van der Waals surface area contributed by atoms with Gasteiger partial charge in [0.25, 0.3) is 5.91 Å². The average molecular weight is 521 g/mol. The zero-order valence-corrected chi connectivity index (χ0v) is 21.5. The Morgan fingerprint density at radius 2 is 1.59 bits per heavy atom. The van der Waals surface area contributed by atoms with Gasteiger partial charge in [-0.3, -0.25) is 20.4 Å². The molecule has 37 heavy (non-hydrogen) atoms. The zero-order chi connectivity index (χ0) is 26.4. The van der Waals surface area contributed by atoms with Crippen molar-refractivity contribution in [1.29, 1.82) is 0 Å². The second kappa shape index (κ2) is 11.8. The molecule has 3 aromatic rings. The molecule has 9 heteroatoms. The van der Waals surface area contributed by atoms with Crippen molar-refractivity contribution in [3.8, 4) is 0 Å². The lowest BCUT2D eigenvalue weighted by Crippen LogP contribution is -2.41. The molecule has 0 radical (unpaired) electrons. The van der Waals surface area contributed by atoms with Gasteiger partial charge in [0.05, 0.1) is 23.4 Å². The lowest BCUT2D eigenvalue weighted by molar-refractivity contribution is -0.143. The van der Waals surface area contributed by atoms with Crippen LogP contribution in [0.4, 0.5) is 10.5 Å². The van der Waals surface area contributed by atoms with Crippen LogP contribution in [0.2, 0.25) is 5.02 Å². The number of carbonyl (C=O) groups is 3. The molecule has 0 heterocycles. The van der Waals surface area contributed by atoms with E-state index in [1.54, 1.807) is 19.1 Å². The fourth-order valence-corrected chi connectivity index (χ4v) is 4.64. The highest BCUT2D eigenvalue weighted by Crippen LogP contribution is 2.32. The number of nitrogens with zero attached hydrogens (tertiary/aromatic N) is 1. The van der Waals surface area contributed by atoms with Gasteiger partial charge >= 0.3 is 12.0 Å². The van der Waals surface area contributed by atoms with Crippen molar-refractivity contribution in [2.75, 3.05) is 25.6 Å². The quantitative estimate of drug-likeness (QED) is 0.315. The number of hydrazine groups is 1. The predicted octanol–water partition coefficient (Wildman–Crippen LogP) is 4.49. The number of halogens is 1. The van der Waals surface area contributed by atoms with Crippen LogP contribution in [-0.2, 0) is 22.4 Å².